The van der Waals surface area contributed by atoms with Gasteiger partial charge in [0.25, 0.3) is 0 Å². The molecule has 0 aliphatic heterocycles. The Bertz CT molecular complexity index is 958. The fourth-order valence-electron chi connectivity index (χ4n) is 4.29. The molecule has 2 aromatic rings. The third-order valence-electron chi connectivity index (χ3n) is 6.21. The van der Waals surface area contributed by atoms with E-state index in [1.54, 1.807) is 0 Å². The smallest absolute Gasteiger partial charge is 0.407 e. The van der Waals surface area contributed by atoms with Gasteiger partial charge in [0.1, 0.15) is 6.61 Å². The monoisotopic (exact) mass is 452 g/mol. The zero-order valence-corrected chi connectivity index (χ0v) is 19.3. The van der Waals surface area contributed by atoms with Gasteiger partial charge in [-0.3, -0.25) is 9.59 Å². The molecule has 1 unspecified atom stereocenters. The van der Waals surface area contributed by atoms with E-state index in [1.807, 2.05) is 45.0 Å². The predicted octanol–water partition coefficient (Wildman–Crippen LogP) is 4.17. The summed E-state index contributed by atoms with van der Waals surface area (Å²) in [6, 6.07) is 15.8. The van der Waals surface area contributed by atoms with Crippen LogP contribution in [0.1, 0.15) is 50.7 Å². The zero-order valence-electron chi connectivity index (χ0n) is 19.3. The molecule has 2 amide bonds. The van der Waals surface area contributed by atoms with Gasteiger partial charge in [0, 0.05) is 18.5 Å². The van der Waals surface area contributed by atoms with Crippen molar-refractivity contribution in [1.82, 2.24) is 10.6 Å². The number of rotatable bonds is 10. The fourth-order valence-corrected chi connectivity index (χ4v) is 4.29. The Morgan fingerprint density at radius 1 is 1.00 bits per heavy atom. The molecule has 1 aliphatic rings. The SMILES string of the molecule is CC[C@@H](CC(=O)O)NC(=O)C(CNC(=O)OCC1c2ccccc2-c2ccccc21)C(C)C. The number of ether oxygens (including phenoxy) is 1. The van der Waals surface area contributed by atoms with Gasteiger partial charge in [-0.25, -0.2) is 4.79 Å². The van der Waals surface area contributed by atoms with Crippen LogP contribution in [0.3, 0.4) is 0 Å². The Morgan fingerprint density at radius 2 is 1.58 bits per heavy atom. The third-order valence-corrected chi connectivity index (χ3v) is 6.21. The molecule has 2 atom stereocenters. The first kappa shape index (κ1) is 24.3. The van der Waals surface area contributed by atoms with E-state index in [9.17, 15) is 14.4 Å². The van der Waals surface area contributed by atoms with Crippen molar-refractivity contribution in [3.8, 4) is 11.1 Å². The molecule has 7 heteroatoms. The molecule has 7 nitrogen and oxygen atoms in total. The van der Waals surface area contributed by atoms with Crippen LogP contribution in [-0.2, 0) is 14.3 Å². The summed E-state index contributed by atoms with van der Waals surface area (Å²) in [5, 5.41) is 14.5. The van der Waals surface area contributed by atoms with Gasteiger partial charge < -0.3 is 20.5 Å². The van der Waals surface area contributed by atoms with Crippen LogP contribution < -0.4 is 10.6 Å². The first-order chi connectivity index (χ1) is 15.8. The number of carboxylic acid groups (broad SMARTS) is 1. The van der Waals surface area contributed by atoms with Gasteiger partial charge in [-0.2, -0.15) is 0 Å². The Hall–Kier alpha value is -3.35. The molecule has 1 aliphatic carbocycles. The summed E-state index contributed by atoms with van der Waals surface area (Å²) in [6.45, 7) is 5.93. The molecule has 33 heavy (non-hydrogen) atoms. The van der Waals surface area contributed by atoms with Gasteiger partial charge in [-0.15, -0.1) is 0 Å². The minimum Gasteiger partial charge on any atom is -0.481 e. The molecule has 0 fully saturated rings. The molecule has 3 rings (SSSR count). The molecule has 2 aromatic carbocycles. The van der Waals surface area contributed by atoms with Crippen LogP contribution in [0.2, 0.25) is 0 Å². The highest BCUT2D eigenvalue weighted by atomic mass is 16.5. The number of fused-ring (bicyclic) bond motifs is 3. The minimum atomic E-state index is -0.958. The Kier molecular flexibility index (Phi) is 8.09. The number of hydrogen-bond acceptors (Lipinski definition) is 4. The predicted molar refractivity (Wildman–Crippen MR) is 126 cm³/mol. The van der Waals surface area contributed by atoms with E-state index in [4.69, 9.17) is 9.84 Å². The number of amides is 2. The maximum Gasteiger partial charge on any atom is 0.407 e. The van der Waals surface area contributed by atoms with E-state index >= 15 is 0 Å². The lowest BCUT2D eigenvalue weighted by molar-refractivity contribution is -0.137. The van der Waals surface area contributed by atoms with E-state index in [0.717, 1.165) is 22.3 Å². The second-order valence-electron chi connectivity index (χ2n) is 8.77. The Balaban J connectivity index is 1.57. The van der Waals surface area contributed by atoms with Gasteiger partial charge in [-0.05, 0) is 34.6 Å². The number of aliphatic carboxylic acids is 1. The van der Waals surface area contributed by atoms with E-state index in [-0.39, 0.29) is 37.3 Å². The van der Waals surface area contributed by atoms with Crippen molar-refractivity contribution in [2.45, 2.75) is 45.6 Å². The number of carbonyl (C=O) groups is 3. The van der Waals surface area contributed by atoms with E-state index in [2.05, 4.69) is 34.9 Å². The lowest BCUT2D eigenvalue weighted by Gasteiger charge is -2.24. The van der Waals surface area contributed by atoms with Crippen molar-refractivity contribution < 1.29 is 24.2 Å². The van der Waals surface area contributed by atoms with Gasteiger partial charge in [0.15, 0.2) is 0 Å². The average molecular weight is 453 g/mol. The molecular weight excluding hydrogens is 420 g/mol. The first-order valence-corrected chi connectivity index (χ1v) is 11.4. The van der Waals surface area contributed by atoms with Crippen LogP contribution in [0.15, 0.2) is 48.5 Å². The van der Waals surface area contributed by atoms with Gasteiger partial charge in [0.05, 0.1) is 12.3 Å². The van der Waals surface area contributed by atoms with Gasteiger partial charge in [-0.1, -0.05) is 69.3 Å². The standard InChI is InChI=1S/C26H32N2O5/c1-4-17(13-24(29)30)28-25(31)22(16(2)3)14-27-26(32)33-15-23-20-11-7-5-9-18(20)19-10-6-8-12-21(19)23/h5-12,16-17,22-23H,4,13-15H2,1-3H3,(H,27,32)(H,28,31)(H,29,30)/t17-,22?/m0/s1. The molecular formula is C26H32N2O5. The molecule has 0 saturated carbocycles. The van der Waals surface area contributed by atoms with Crippen LogP contribution in [0.25, 0.3) is 11.1 Å². The number of carboxylic acids is 1. The summed E-state index contributed by atoms with van der Waals surface area (Å²) < 4.78 is 5.54. The highest BCUT2D eigenvalue weighted by Crippen LogP contribution is 2.44. The third kappa shape index (κ3) is 5.92. The van der Waals surface area contributed by atoms with Crippen LogP contribution in [0.4, 0.5) is 4.79 Å². The van der Waals surface area contributed by atoms with Crippen molar-refractivity contribution in [3.63, 3.8) is 0 Å². The second-order valence-corrected chi connectivity index (χ2v) is 8.77. The van der Waals surface area contributed by atoms with Crippen molar-refractivity contribution in [2.75, 3.05) is 13.2 Å². The van der Waals surface area contributed by atoms with Crippen molar-refractivity contribution >= 4 is 18.0 Å². The quantitative estimate of drug-likeness (QED) is 0.502. The maximum atomic E-state index is 12.7. The van der Waals surface area contributed by atoms with E-state index in [0.29, 0.717) is 6.42 Å². The lowest BCUT2D eigenvalue weighted by atomic mass is 9.94. The summed E-state index contributed by atoms with van der Waals surface area (Å²) in [4.78, 5) is 36.1. The Labute approximate surface area is 194 Å². The average Bonchev–Trinajstić information content (AvgIpc) is 3.10. The number of carbonyl (C=O) groups excluding carboxylic acids is 2. The fraction of sp³-hybridized carbons (Fsp3) is 0.423. The first-order valence-electron chi connectivity index (χ1n) is 11.4. The van der Waals surface area contributed by atoms with Gasteiger partial charge in [0.2, 0.25) is 5.91 Å². The molecule has 176 valence electrons. The minimum absolute atomic E-state index is 0.0336. The van der Waals surface area contributed by atoms with Crippen molar-refractivity contribution in [3.05, 3.63) is 59.7 Å². The van der Waals surface area contributed by atoms with Crippen molar-refractivity contribution in [2.24, 2.45) is 11.8 Å². The molecule has 0 radical (unpaired) electrons. The normalized spacial score (nSPS) is 14.2. The Morgan fingerprint density at radius 3 is 2.09 bits per heavy atom. The number of alkyl carbamates (subject to hydrolysis) is 1. The lowest BCUT2D eigenvalue weighted by Crippen LogP contribution is -2.45. The number of benzene rings is 2. The second kappa shape index (κ2) is 11.0. The molecule has 0 heterocycles. The summed E-state index contributed by atoms with van der Waals surface area (Å²) >= 11 is 0. The summed E-state index contributed by atoms with van der Waals surface area (Å²) in [5.74, 6) is -1.79. The number of hydrogen-bond donors (Lipinski definition) is 3. The van der Waals surface area contributed by atoms with Crippen LogP contribution in [0.5, 0.6) is 0 Å². The summed E-state index contributed by atoms with van der Waals surface area (Å²) in [7, 11) is 0. The van der Waals surface area contributed by atoms with Crippen molar-refractivity contribution in [1.29, 1.82) is 0 Å². The zero-order chi connectivity index (χ0) is 24.0. The highest BCUT2D eigenvalue weighted by Gasteiger charge is 2.30. The molecule has 0 spiro atoms. The maximum absolute atomic E-state index is 12.7. The van der Waals surface area contributed by atoms with Crippen LogP contribution >= 0.6 is 0 Å². The van der Waals surface area contributed by atoms with Crippen LogP contribution in [0, 0.1) is 11.8 Å². The summed E-state index contributed by atoms with van der Waals surface area (Å²) in [6.07, 6.45) is -0.192. The molecule has 0 aromatic heterocycles. The number of nitrogens with one attached hydrogen (secondary N) is 2. The van der Waals surface area contributed by atoms with Gasteiger partial charge >= 0.3 is 12.1 Å². The summed E-state index contributed by atoms with van der Waals surface area (Å²) in [5.41, 5.74) is 4.58. The van der Waals surface area contributed by atoms with E-state index < -0.39 is 24.0 Å². The molecule has 0 bridgehead atoms. The largest absolute Gasteiger partial charge is 0.481 e. The topological polar surface area (TPSA) is 105 Å². The highest BCUT2D eigenvalue weighted by molar-refractivity contribution is 5.81. The van der Waals surface area contributed by atoms with Crippen LogP contribution in [-0.4, -0.2) is 42.3 Å². The molecule has 3 N–H and O–H groups in total. The molecule has 0 saturated heterocycles. The van der Waals surface area contributed by atoms with E-state index in [1.165, 1.54) is 0 Å².